The number of benzene rings is 1. The summed E-state index contributed by atoms with van der Waals surface area (Å²) < 4.78 is 5.54. The standard InChI is InChI=1S/C16H18ClN3O3/c1-10(2)15(22)16(23-11(3)21,8-14-18-9-19-20-14)12-4-6-13(17)7-5-12/h4-7,9-10H,8H2,1-3H3,(H,18,19,20). The van der Waals surface area contributed by atoms with Crippen LogP contribution in [0.5, 0.6) is 0 Å². The minimum atomic E-state index is -1.47. The molecule has 2 aromatic rings. The van der Waals surface area contributed by atoms with Crippen LogP contribution in [0.15, 0.2) is 30.6 Å². The van der Waals surface area contributed by atoms with Crippen molar-refractivity contribution in [2.24, 2.45) is 5.92 Å². The number of Topliss-reactive ketones (excluding diaryl/α,β-unsaturated/α-hetero) is 1. The van der Waals surface area contributed by atoms with Gasteiger partial charge in [0.15, 0.2) is 5.78 Å². The average Bonchev–Trinajstić information content (AvgIpc) is 2.98. The molecule has 1 N–H and O–H groups in total. The molecule has 0 radical (unpaired) electrons. The first-order valence-electron chi connectivity index (χ1n) is 7.19. The zero-order valence-electron chi connectivity index (χ0n) is 13.2. The van der Waals surface area contributed by atoms with Crippen molar-refractivity contribution in [2.75, 3.05) is 0 Å². The van der Waals surface area contributed by atoms with E-state index in [-0.39, 0.29) is 18.1 Å². The van der Waals surface area contributed by atoms with Crippen molar-refractivity contribution in [3.05, 3.63) is 47.0 Å². The van der Waals surface area contributed by atoms with E-state index < -0.39 is 11.6 Å². The summed E-state index contributed by atoms with van der Waals surface area (Å²) in [6, 6.07) is 6.68. The molecule has 1 unspecified atom stereocenters. The first kappa shape index (κ1) is 17.1. The van der Waals surface area contributed by atoms with Crippen molar-refractivity contribution in [3.8, 4) is 0 Å². The molecule has 1 atom stereocenters. The Hall–Kier alpha value is -2.21. The molecule has 122 valence electrons. The maximum absolute atomic E-state index is 12.9. The Morgan fingerprint density at radius 3 is 2.43 bits per heavy atom. The van der Waals surface area contributed by atoms with Crippen molar-refractivity contribution >= 4 is 23.4 Å². The maximum Gasteiger partial charge on any atom is 0.303 e. The van der Waals surface area contributed by atoms with Crippen molar-refractivity contribution in [1.82, 2.24) is 15.2 Å². The fourth-order valence-corrected chi connectivity index (χ4v) is 2.59. The van der Waals surface area contributed by atoms with Crippen molar-refractivity contribution in [2.45, 2.75) is 32.8 Å². The van der Waals surface area contributed by atoms with E-state index in [1.165, 1.54) is 13.3 Å². The molecule has 0 saturated carbocycles. The summed E-state index contributed by atoms with van der Waals surface area (Å²) in [6.07, 6.45) is 1.42. The van der Waals surface area contributed by atoms with Crippen LogP contribution in [0.1, 0.15) is 32.2 Å². The smallest absolute Gasteiger partial charge is 0.303 e. The van der Waals surface area contributed by atoms with Gasteiger partial charge in [0, 0.05) is 23.4 Å². The van der Waals surface area contributed by atoms with Crippen molar-refractivity contribution in [3.63, 3.8) is 0 Å². The zero-order chi connectivity index (χ0) is 17.0. The van der Waals surface area contributed by atoms with Crippen LogP contribution in [-0.4, -0.2) is 26.9 Å². The van der Waals surface area contributed by atoms with E-state index in [9.17, 15) is 9.59 Å². The number of aromatic amines is 1. The highest BCUT2D eigenvalue weighted by Crippen LogP contribution is 2.34. The third-order valence-electron chi connectivity index (χ3n) is 3.43. The van der Waals surface area contributed by atoms with Gasteiger partial charge in [-0.3, -0.25) is 14.7 Å². The summed E-state index contributed by atoms with van der Waals surface area (Å²) in [5, 5.41) is 7.03. The van der Waals surface area contributed by atoms with E-state index >= 15 is 0 Å². The molecule has 0 aliphatic rings. The molecule has 0 spiro atoms. The van der Waals surface area contributed by atoms with Crippen molar-refractivity contribution < 1.29 is 14.3 Å². The number of rotatable bonds is 6. The van der Waals surface area contributed by atoms with Crippen LogP contribution in [0.25, 0.3) is 0 Å². The molecule has 0 saturated heterocycles. The minimum absolute atomic E-state index is 0.0746. The highest BCUT2D eigenvalue weighted by molar-refractivity contribution is 6.30. The topological polar surface area (TPSA) is 84.9 Å². The average molecular weight is 336 g/mol. The van der Waals surface area contributed by atoms with Gasteiger partial charge in [0.25, 0.3) is 0 Å². The minimum Gasteiger partial charge on any atom is -0.446 e. The fourth-order valence-electron chi connectivity index (χ4n) is 2.46. The van der Waals surface area contributed by atoms with Gasteiger partial charge < -0.3 is 4.74 Å². The lowest BCUT2D eigenvalue weighted by Gasteiger charge is -2.33. The van der Waals surface area contributed by atoms with Gasteiger partial charge in [0.1, 0.15) is 12.2 Å². The molecule has 0 fully saturated rings. The van der Waals surface area contributed by atoms with Gasteiger partial charge in [-0.1, -0.05) is 37.6 Å². The van der Waals surface area contributed by atoms with Gasteiger partial charge >= 0.3 is 5.97 Å². The third-order valence-corrected chi connectivity index (χ3v) is 3.68. The second-order valence-electron chi connectivity index (χ2n) is 5.56. The highest BCUT2D eigenvalue weighted by Gasteiger charge is 2.45. The number of hydrogen-bond donors (Lipinski definition) is 1. The molecule has 1 aromatic carbocycles. The van der Waals surface area contributed by atoms with Crippen LogP contribution in [0.2, 0.25) is 5.02 Å². The zero-order valence-corrected chi connectivity index (χ0v) is 13.9. The largest absolute Gasteiger partial charge is 0.446 e. The number of halogens is 1. The van der Waals surface area contributed by atoms with Crippen LogP contribution >= 0.6 is 11.6 Å². The summed E-state index contributed by atoms with van der Waals surface area (Å²) in [6.45, 7) is 4.80. The molecule has 1 aromatic heterocycles. The Balaban J connectivity index is 2.59. The number of esters is 1. The lowest BCUT2D eigenvalue weighted by Crippen LogP contribution is -2.45. The van der Waals surface area contributed by atoms with Crippen LogP contribution in [0.4, 0.5) is 0 Å². The second kappa shape index (κ2) is 6.91. The lowest BCUT2D eigenvalue weighted by atomic mass is 9.81. The van der Waals surface area contributed by atoms with Gasteiger partial charge in [0.05, 0.1) is 6.42 Å². The number of carbonyl (C=O) groups excluding carboxylic acids is 2. The first-order valence-corrected chi connectivity index (χ1v) is 7.57. The molecule has 1 heterocycles. The predicted molar refractivity (Wildman–Crippen MR) is 84.8 cm³/mol. The summed E-state index contributed by atoms with van der Waals surface area (Å²) in [7, 11) is 0. The van der Waals surface area contributed by atoms with Crippen LogP contribution < -0.4 is 0 Å². The Morgan fingerprint density at radius 2 is 1.96 bits per heavy atom. The number of nitrogens with zero attached hydrogens (tertiary/aromatic N) is 2. The number of hydrogen-bond acceptors (Lipinski definition) is 5. The van der Waals surface area contributed by atoms with E-state index in [4.69, 9.17) is 16.3 Å². The Morgan fingerprint density at radius 1 is 1.30 bits per heavy atom. The van der Waals surface area contributed by atoms with Gasteiger partial charge in [-0.2, -0.15) is 5.10 Å². The molecule has 0 aliphatic heterocycles. The van der Waals surface area contributed by atoms with Gasteiger partial charge in [-0.05, 0) is 12.1 Å². The highest BCUT2D eigenvalue weighted by atomic mass is 35.5. The van der Waals surface area contributed by atoms with E-state index in [2.05, 4.69) is 15.2 Å². The monoisotopic (exact) mass is 335 g/mol. The number of H-pyrrole nitrogens is 1. The molecule has 0 amide bonds. The summed E-state index contributed by atoms with van der Waals surface area (Å²) >= 11 is 5.93. The third kappa shape index (κ3) is 3.76. The van der Waals surface area contributed by atoms with E-state index in [1.807, 2.05) is 0 Å². The van der Waals surface area contributed by atoms with E-state index in [1.54, 1.807) is 38.1 Å². The first-order chi connectivity index (χ1) is 10.8. The van der Waals surface area contributed by atoms with Gasteiger partial charge in [-0.15, -0.1) is 0 Å². The Kier molecular flexibility index (Phi) is 5.15. The van der Waals surface area contributed by atoms with Gasteiger partial charge in [0.2, 0.25) is 5.60 Å². The van der Waals surface area contributed by atoms with Gasteiger partial charge in [-0.25, -0.2) is 4.98 Å². The predicted octanol–water partition coefficient (Wildman–Crippen LogP) is 2.68. The molecular formula is C16H18ClN3O3. The molecule has 0 bridgehead atoms. The molecule has 23 heavy (non-hydrogen) atoms. The van der Waals surface area contributed by atoms with E-state index in [0.717, 1.165) is 0 Å². The maximum atomic E-state index is 12.9. The number of ether oxygens (including phenoxy) is 1. The Labute approximate surface area is 139 Å². The van der Waals surface area contributed by atoms with Crippen LogP contribution in [0, 0.1) is 5.92 Å². The Bertz CT molecular complexity index is 683. The van der Waals surface area contributed by atoms with E-state index in [0.29, 0.717) is 16.4 Å². The van der Waals surface area contributed by atoms with Crippen molar-refractivity contribution in [1.29, 1.82) is 0 Å². The number of nitrogens with one attached hydrogen (secondary N) is 1. The summed E-state index contributed by atoms with van der Waals surface area (Å²) in [5.41, 5.74) is -0.920. The molecule has 6 nitrogen and oxygen atoms in total. The summed E-state index contributed by atoms with van der Waals surface area (Å²) in [4.78, 5) is 28.7. The van der Waals surface area contributed by atoms with Crippen LogP contribution in [-0.2, 0) is 26.3 Å². The molecule has 2 rings (SSSR count). The quantitative estimate of drug-likeness (QED) is 0.820. The summed E-state index contributed by atoms with van der Waals surface area (Å²) in [5.74, 6) is -0.650. The molecule has 0 aliphatic carbocycles. The normalized spacial score (nSPS) is 13.6. The lowest BCUT2D eigenvalue weighted by molar-refractivity contribution is -0.169. The molecular weight excluding hydrogens is 318 g/mol. The number of carbonyl (C=O) groups is 2. The van der Waals surface area contributed by atoms with Crippen LogP contribution in [0.3, 0.4) is 0 Å². The fraction of sp³-hybridized carbons (Fsp3) is 0.375. The second-order valence-corrected chi connectivity index (χ2v) is 5.99. The number of ketones is 1. The SMILES string of the molecule is CC(=O)OC(Cc1ncn[nH]1)(C(=O)C(C)C)c1ccc(Cl)cc1. The number of aromatic nitrogens is 3. The molecule has 7 heteroatoms.